The Balaban J connectivity index is 0.000000208. The summed E-state index contributed by atoms with van der Waals surface area (Å²) >= 11 is 5.82. The van der Waals surface area contributed by atoms with Crippen molar-refractivity contribution >= 4 is 21.7 Å². The molecule has 27 heavy (non-hydrogen) atoms. The highest BCUT2D eigenvalue weighted by molar-refractivity contribution is 7.85. The second-order valence-electron chi connectivity index (χ2n) is 5.80. The van der Waals surface area contributed by atoms with E-state index in [-0.39, 0.29) is 4.90 Å². The number of ether oxygens (including phenoxy) is 1. The zero-order valence-corrected chi connectivity index (χ0v) is 16.6. The lowest BCUT2D eigenvalue weighted by Crippen LogP contribution is -2.32. The molecule has 5 nitrogen and oxygen atoms in total. The van der Waals surface area contributed by atoms with Crippen molar-refractivity contribution in [2.45, 2.75) is 18.4 Å². The molecule has 0 bridgehead atoms. The van der Waals surface area contributed by atoms with Crippen molar-refractivity contribution in [3.63, 3.8) is 0 Å². The van der Waals surface area contributed by atoms with Gasteiger partial charge in [-0.05, 0) is 43.3 Å². The van der Waals surface area contributed by atoms with Crippen LogP contribution in [-0.2, 0) is 16.7 Å². The fraction of sp³-hybridized carbons (Fsp3) is 0.150. The van der Waals surface area contributed by atoms with Gasteiger partial charge in [-0.25, -0.2) is 13.0 Å². The van der Waals surface area contributed by atoms with Crippen molar-refractivity contribution in [1.82, 2.24) is 0 Å². The Morgan fingerprint density at radius 1 is 0.963 bits per heavy atom. The molecular weight excluding hydrogens is 386 g/mol. The third-order valence-corrected chi connectivity index (χ3v) is 4.79. The molecule has 0 spiro atoms. The van der Waals surface area contributed by atoms with Gasteiger partial charge in [0.05, 0.1) is 17.0 Å². The van der Waals surface area contributed by atoms with Gasteiger partial charge in [-0.3, -0.25) is 0 Å². The van der Waals surface area contributed by atoms with Crippen LogP contribution in [0.5, 0.6) is 5.75 Å². The van der Waals surface area contributed by atoms with Crippen LogP contribution in [0.1, 0.15) is 11.1 Å². The fourth-order valence-electron chi connectivity index (χ4n) is 2.19. The third kappa shape index (κ3) is 7.02. The van der Waals surface area contributed by atoms with Crippen LogP contribution in [0.25, 0.3) is 0 Å². The first-order valence-electron chi connectivity index (χ1n) is 8.08. The standard InChI is InChI=1S/C13H13ClNO.C7H8O3S/c1-16-13-4-2-11(3-5-13)10-15-8-6-12(14)7-9-15;1-6-2-4-7(5-3-6)11(8,9)10/h2-9H,10H2,1H3;2-5H,1H3,(H,8,9,10)/q+1;/p-1. The molecule has 0 aliphatic rings. The first-order valence-corrected chi connectivity index (χ1v) is 9.86. The lowest BCUT2D eigenvalue weighted by atomic mass is 10.2. The molecule has 3 rings (SSSR count). The Hall–Kier alpha value is -2.41. The SMILES string of the molecule is COc1ccc(C[n+]2ccc(Cl)cc2)cc1.Cc1ccc(S(=O)(=O)[O-])cc1. The van der Waals surface area contributed by atoms with Gasteiger partial charge in [0.1, 0.15) is 15.9 Å². The molecule has 0 aliphatic heterocycles. The highest BCUT2D eigenvalue weighted by Crippen LogP contribution is 2.11. The number of aryl methyl sites for hydroxylation is 1. The molecule has 142 valence electrons. The number of nitrogens with zero attached hydrogens (tertiary/aromatic N) is 1. The molecule has 0 saturated heterocycles. The normalized spacial score (nSPS) is 10.7. The molecule has 1 heterocycles. The van der Waals surface area contributed by atoms with Crippen molar-refractivity contribution in [2.75, 3.05) is 7.11 Å². The minimum atomic E-state index is -4.27. The monoisotopic (exact) mass is 405 g/mol. The van der Waals surface area contributed by atoms with Crippen molar-refractivity contribution in [3.05, 3.63) is 89.2 Å². The van der Waals surface area contributed by atoms with Crippen LogP contribution in [0.2, 0.25) is 5.02 Å². The van der Waals surface area contributed by atoms with Gasteiger partial charge in [-0.15, -0.1) is 0 Å². The van der Waals surface area contributed by atoms with Gasteiger partial charge in [0.15, 0.2) is 18.9 Å². The molecule has 0 saturated carbocycles. The second-order valence-corrected chi connectivity index (χ2v) is 7.62. The summed E-state index contributed by atoms with van der Waals surface area (Å²) in [6, 6.07) is 17.6. The van der Waals surface area contributed by atoms with Gasteiger partial charge >= 0.3 is 0 Å². The molecule has 3 aromatic rings. The van der Waals surface area contributed by atoms with E-state index in [0.29, 0.717) is 0 Å². The molecule has 0 amide bonds. The molecular formula is C20H20ClNO4S. The van der Waals surface area contributed by atoms with Crippen LogP contribution < -0.4 is 9.30 Å². The van der Waals surface area contributed by atoms with E-state index in [9.17, 15) is 13.0 Å². The van der Waals surface area contributed by atoms with Crippen LogP contribution in [0.15, 0.2) is 78.0 Å². The zero-order chi connectivity index (χ0) is 19.9. The Bertz CT molecular complexity index is 954. The number of methoxy groups -OCH3 is 1. The van der Waals surface area contributed by atoms with Crippen molar-refractivity contribution in [1.29, 1.82) is 0 Å². The predicted octanol–water partition coefficient (Wildman–Crippen LogP) is 3.58. The molecule has 0 fully saturated rings. The van der Waals surface area contributed by atoms with Crippen molar-refractivity contribution < 1.29 is 22.3 Å². The maximum Gasteiger partial charge on any atom is 0.173 e. The first kappa shape index (κ1) is 20.9. The Kier molecular flexibility index (Phi) is 7.36. The van der Waals surface area contributed by atoms with Gasteiger partial charge in [0, 0.05) is 17.7 Å². The van der Waals surface area contributed by atoms with E-state index < -0.39 is 10.1 Å². The molecule has 7 heteroatoms. The van der Waals surface area contributed by atoms with Crippen LogP contribution in [-0.4, -0.2) is 20.1 Å². The average Bonchev–Trinajstić information content (AvgIpc) is 2.64. The van der Waals surface area contributed by atoms with Crippen LogP contribution in [0.3, 0.4) is 0 Å². The number of hydrogen-bond acceptors (Lipinski definition) is 4. The highest BCUT2D eigenvalue weighted by Gasteiger charge is 2.02. The van der Waals surface area contributed by atoms with Crippen molar-refractivity contribution in [3.8, 4) is 5.75 Å². The largest absolute Gasteiger partial charge is 0.744 e. The summed E-state index contributed by atoms with van der Waals surface area (Å²) in [4.78, 5) is -0.178. The van der Waals surface area contributed by atoms with E-state index in [2.05, 4.69) is 16.7 Å². The van der Waals surface area contributed by atoms with E-state index in [1.165, 1.54) is 17.7 Å². The van der Waals surface area contributed by atoms with Crippen LogP contribution in [0, 0.1) is 6.92 Å². The second kappa shape index (κ2) is 9.50. The lowest BCUT2D eigenvalue weighted by molar-refractivity contribution is -0.688. The molecule has 0 N–H and O–H groups in total. The lowest BCUT2D eigenvalue weighted by Gasteiger charge is -2.05. The number of aromatic nitrogens is 1. The van der Waals surface area contributed by atoms with E-state index in [1.807, 2.05) is 43.6 Å². The van der Waals surface area contributed by atoms with E-state index in [4.69, 9.17) is 16.3 Å². The summed E-state index contributed by atoms with van der Waals surface area (Å²) in [6.07, 6.45) is 3.93. The number of rotatable bonds is 4. The Labute approximate surface area is 164 Å². The summed E-state index contributed by atoms with van der Waals surface area (Å²) in [7, 11) is -2.60. The summed E-state index contributed by atoms with van der Waals surface area (Å²) in [5.41, 5.74) is 2.16. The van der Waals surface area contributed by atoms with Gasteiger partial charge in [-0.2, -0.15) is 0 Å². The van der Waals surface area contributed by atoms with Gasteiger partial charge < -0.3 is 9.29 Å². The van der Waals surface area contributed by atoms with Gasteiger partial charge in [0.2, 0.25) is 0 Å². The van der Waals surface area contributed by atoms with Crippen LogP contribution >= 0.6 is 11.6 Å². The molecule has 0 unspecified atom stereocenters. The summed E-state index contributed by atoms with van der Waals surface area (Å²) in [5.74, 6) is 0.879. The number of benzene rings is 2. The molecule has 0 aliphatic carbocycles. The number of halogens is 1. The van der Waals surface area contributed by atoms with Crippen molar-refractivity contribution in [2.24, 2.45) is 0 Å². The minimum Gasteiger partial charge on any atom is -0.744 e. The maximum absolute atomic E-state index is 10.4. The molecule has 0 radical (unpaired) electrons. The van der Waals surface area contributed by atoms with E-state index in [1.54, 1.807) is 19.2 Å². The van der Waals surface area contributed by atoms with E-state index in [0.717, 1.165) is 22.9 Å². The number of pyridine rings is 1. The zero-order valence-electron chi connectivity index (χ0n) is 15.0. The fourth-order valence-corrected chi connectivity index (χ4v) is 2.77. The predicted molar refractivity (Wildman–Crippen MR) is 103 cm³/mol. The highest BCUT2D eigenvalue weighted by atomic mass is 35.5. The Morgan fingerprint density at radius 2 is 1.52 bits per heavy atom. The topological polar surface area (TPSA) is 70.3 Å². The van der Waals surface area contributed by atoms with Crippen LogP contribution in [0.4, 0.5) is 0 Å². The third-order valence-electron chi connectivity index (χ3n) is 3.68. The minimum absolute atomic E-state index is 0.178. The quantitative estimate of drug-likeness (QED) is 0.491. The summed E-state index contributed by atoms with van der Waals surface area (Å²) < 4.78 is 38.4. The molecule has 2 aromatic carbocycles. The van der Waals surface area contributed by atoms with Gasteiger partial charge in [-0.1, -0.05) is 29.3 Å². The number of hydrogen-bond donors (Lipinski definition) is 0. The molecule has 1 aromatic heterocycles. The first-order chi connectivity index (χ1) is 12.8. The average molecular weight is 406 g/mol. The summed E-state index contributed by atoms with van der Waals surface area (Å²) in [6.45, 7) is 2.66. The summed E-state index contributed by atoms with van der Waals surface area (Å²) in [5, 5.41) is 0.756. The molecule has 0 atom stereocenters. The smallest absolute Gasteiger partial charge is 0.173 e. The Morgan fingerprint density at radius 3 is 2.00 bits per heavy atom. The van der Waals surface area contributed by atoms with E-state index >= 15 is 0 Å². The maximum atomic E-state index is 10.4. The van der Waals surface area contributed by atoms with Gasteiger partial charge in [0.25, 0.3) is 0 Å².